The molecule has 122 valence electrons. The highest BCUT2D eigenvalue weighted by Crippen LogP contribution is 2.34. The van der Waals surface area contributed by atoms with Gasteiger partial charge < -0.3 is 4.74 Å². The summed E-state index contributed by atoms with van der Waals surface area (Å²) >= 11 is 0. The minimum Gasteiger partial charge on any atom is -0.376 e. The Kier molecular flexibility index (Phi) is 4.77. The first-order chi connectivity index (χ1) is 10.5. The van der Waals surface area contributed by atoms with Crippen LogP contribution in [0.5, 0.6) is 0 Å². The number of nitrogens with zero attached hydrogens (tertiary/aromatic N) is 2. The molecule has 3 atom stereocenters. The first-order valence-electron chi connectivity index (χ1n) is 7.70. The number of sulfonamides is 1. The van der Waals surface area contributed by atoms with Crippen LogP contribution < -0.4 is 4.72 Å². The molecule has 1 aromatic rings. The van der Waals surface area contributed by atoms with Gasteiger partial charge >= 0.3 is 0 Å². The van der Waals surface area contributed by atoms with E-state index >= 15 is 0 Å². The molecule has 0 aromatic carbocycles. The van der Waals surface area contributed by atoms with Crippen LogP contribution in [0.15, 0.2) is 24.4 Å². The molecule has 0 unspecified atom stereocenters. The molecule has 2 aliphatic rings. The number of hydrogen-bond acceptors (Lipinski definition) is 5. The van der Waals surface area contributed by atoms with Crippen LogP contribution in [0, 0.1) is 11.8 Å². The molecule has 0 spiro atoms. The lowest BCUT2D eigenvalue weighted by Crippen LogP contribution is -2.45. The number of piperidine rings is 1. The second-order valence-electron chi connectivity index (χ2n) is 6.26. The second kappa shape index (κ2) is 6.62. The Hall–Kier alpha value is -1.02. The molecule has 1 aromatic heterocycles. The standard InChI is InChI=1S/C15H23N3O3S/c1-22(19,20)17-8-15-14-10-18(7-5-12(14)11-21-15)9-13-4-2-3-6-16-13/h2-4,6,12,14-15,17H,5,7-11H2,1H3/t12-,14-,15+/m0/s1. The van der Waals surface area contributed by atoms with Crippen molar-refractivity contribution >= 4 is 10.0 Å². The van der Waals surface area contributed by atoms with Crippen LogP contribution >= 0.6 is 0 Å². The van der Waals surface area contributed by atoms with Crippen molar-refractivity contribution in [1.82, 2.24) is 14.6 Å². The van der Waals surface area contributed by atoms with Gasteiger partial charge in [-0.2, -0.15) is 0 Å². The van der Waals surface area contributed by atoms with Gasteiger partial charge in [0.15, 0.2) is 0 Å². The van der Waals surface area contributed by atoms with Crippen LogP contribution in [0.1, 0.15) is 12.1 Å². The topological polar surface area (TPSA) is 71.5 Å². The van der Waals surface area contributed by atoms with Crippen molar-refractivity contribution in [3.63, 3.8) is 0 Å². The van der Waals surface area contributed by atoms with E-state index in [0.717, 1.165) is 38.4 Å². The van der Waals surface area contributed by atoms with Crippen molar-refractivity contribution in [2.45, 2.75) is 19.1 Å². The van der Waals surface area contributed by atoms with Crippen molar-refractivity contribution in [2.75, 3.05) is 32.5 Å². The maximum atomic E-state index is 11.3. The van der Waals surface area contributed by atoms with E-state index in [1.165, 1.54) is 6.26 Å². The van der Waals surface area contributed by atoms with Gasteiger partial charge in [-0.25, -0.2) is 13.1 Å². The molecule has 0 bridgehead atoms. The molecular weight excluding hydrogens is 302 g/mol. The number of fused-ring (bicyclic) bond motifs is 1. The molecule has 3 rings (SSSR count). The Morgan fingerprint density at radius 2 is 2.32 bits per heavy atom. The lowest BCUT2D eigenvalue weighted by molar-refractivity contribution is 0.0773. The molecule has 0 amide bonds. The van der Waals surface area contributed by atoms with E-state index in [4.69, 9.17) is 4.74 Å². The average molecular weight is 325 g/mol. The van der Waals surface area contributed by atoms with Crippen LogP contribution in [0.25, 0.3) is 0 Å². The maximum Gasteiger partial charge on any atom is 0.208 e. The molecule has 2 fully saturated rings. The van der Waals surface area contributed by atoms with E-state index in [9.17, 15) is 8.42 Å². The minimum atomic E-state index is -3.17. The smallest absolute Gasteiger partial charge is 0.208 e. The van der Waals surface area contributed by atoms with Crippen molar-refractivity contribution in [2.24, 2.45) is 11.8 Å². The van der Waals surface area contributed by atoms with Crippen LogP contribution in [-0.2, 0) is 21.3 Å². The second-order valence-corrected chi connectivity index (χ2v) is 8.09. The Morgan fingerprint density at radius 1 is 1.45 bits per heavy atom. The summed E-state index contributed by atoms with van der Waals surface area (Å²) in [4.78, 5) is 6.78. The number of aromatic nitrogens is 1. The van der Waals surface area contributed by atoms with E-state index in [-0.39, 0.29) is 6.10 Å². The molecule has 2 aliphatic heterocycles. The molecule has 22 heavy (non-hydrogen) atoms. The largest absolute Gasteiger partial charge is 0.376 e. The highest BCUT2D eigenvalue weighted by molar-refractivity contribution is 7.88. The van der Waals surface area contributed by atoms with E-state index in [2.05, 4.69) is 14.6 Å². The Balaban J connectivity index is 1.58. The fourth-order valence-corrected chi connectivity index (χ4v) is 3.88. The van der Waals surface area contributed by atoms with Gasteiger partial charge in [0.1, 0.15) is 0 Å². The summed E-state index contributed by atoms with van der Waals surface area (Å²) < 4.78 is 30.9. The number of pyridine rings is 1. The van der Waals surface area contributed by atoms with Crippen molar-refractivity contribution in [1.29, 1.82) is 0 Å². The van der Waals surface area contributed by atoms with E-state index in [0.29, 0.717) is 18.4 Å². The third-order valence-electron chi connectivity index (χ3n) is 4.55. The van der Waals surface area contributed by atoms with Gasteiger partial charge in [-0.05, 0) is 31.0 Å². The summed E-state index contributed by atoms with van der Waals surface area (Å²) in [7, 11) is -3.17. The monoisotopic (exact) mass is 325 g/mol. The van der Waals surface area contributed by atoms with Crippen molar-refractivity contribution in [3.8, 4) is 0 Å². The molecular formula is C15H23N3O3S. The van der Waals surface area contributed by atoms with Crippen molar-refractivity contribution < 1.29 is 13.2 Å². The highest BCUT2D eigenvalue weighted by atomic mass is 32.2. The van der Waals surface area contributed by atoms with Gasteiger partial charge in [-0.15, -0.1) is 0 Å². The molecule has 6 nitrogen and oxygen atoms in total. The van der Waals surface area contributed by atoms with Gasteiger partial charge in [0, 0.05) is 31.7 Å². The zero-order valence-electron chi connectivity index (χ0n) is 12.8. The molecule has 3 heterocycles. The van der Waals surface area contributed by atoms with Crippen molar-refractivity contribution in [3.05, 3.63) is 30.1 Å². The number of rotatable bonds is 5. The fourth-order valence-electron chi connectivity index (χ4n) is 3.41. The molecule has 0 aliphatic carbocycles. The summed E-state index contributed by atoms with van der Waals surface area (Å²) in [6.07, 6.45) is 4.09. The Labute approximate surface area is 131 Å². The molecule has 0 saturated carbocycles. The Bertz CT molecular complexity index is 593. The lowest BCUT2D eigenvalue weighted by atomic mass is 9.84. The van der Waals surface area contributed by atoms with Gasteiger partial charge in [-0.3, -0.25) is 9.88 Å². The summed E-state index contributed by atoms with van der Waals surface area (Å²) in [5, 5.41) is 0. The van der Waals surface area contributed by atoms with E-state index in [1.807, 2.05) is 24.4 Å². The lowest BCUT2D eigenvalue weighted by Gasteiger charge is -2.35. The van der Waals surface area contributed by atoms with E-state index < -0.39 is 10.0 Å². The van der Waals surface area contributed by atoms with Gasteiger partial charge in [0.25, 0.3) is 0 Å². The van der Waals surface area contributed by atoms with E-state index in [1.54, 1.807) is 0 Å². The van der Waals surface area contributed by atoms with Crippen LogP contribution in [-0.4, -0.2) is 56.9 Å². The maximum absolute atomic E-state index is 11.3. The predicted molar refractivity (Wildman–Crippen MR) is 83.7 cm³/mol. The number of hydrogen-bond donors (Lipinski definition) is 1. The summed E-state index contributed by atoms with van der Waals surface area (Å²) in [6, 6.07) is 5.97. The molecule has 0 radical (unpaired) electrons. The Morgan fingerprint density at radius 3 is 3.05 bits per heavy atom. The average Bonchev–Trinajstić information content (AvgIpc) is 2.88. The normalized spacial score (nSPS) is 29.4. The zero-order chi connectivity index (χ0) is 15.6. The van der Waals surface area contributed by atoms with Gasteiger partial charge in [0.05, 0.1) is 24.7 Å². The quantitative estimate of drug-likeness (QED) is 0.852. The summed E-state index contributed by atoms with van der Waals surface area (Å²) in [5.41, 5.74) is 1.07. The fraction of sp³-hybridized carbons (Fsp3) is 0.667. The summed E-state index contributed by atoms with van der Waals surface area (Å²) in [6.45, 7) is 3.95. The number of nitrogens with one attached hydrogen (secondary N) is 1. The minimum absolute atomic E-state index is 0.0220. The summed E-state index contributed by atoms with van der Waals surface area (Å²) in [5.74, 6) is 0.943. The number of likely N-dealkylation sites (tertiary alicyclic amines) is 1. The zero-order valence-corrected chi connectivity index (χ0v) is 13.6. The first kappa shape index (κ1) is 15.9. The first-order valence-corrected chi connectivity index (χ1v) is 9.59. The third-order valence-corrected chi connectivity index (χ3v) is 5.24. The van der Waals surface area contributed by atoms with Crippen LogP contribution in [0.3, 0.4) is 0 Å². The van der Waals surface area contributed by atoms with Crippen LogP contribution in [0.4, 0.5) is 0 Å². The molecule has 1 N–H and O–H groups in total. The third kappa shape index (κ3) is 4.04. The predicted octanol–water partition coefficient (Wildman–Crippen LogP) is 0.468. The molecule has 7 heteroatoms. The van der Waals surface area contributed by atoms with Crippen LogP contribution in [0.2, 0.25) is 0 Å². The van der Waals surface area contributed by atoms with Gasteiger partial charge in [0.2, 0.25) is 10.0 Å². The SMILES string of the molecule is CS(=O)(=O)NC[C@H]1OC[C@@H]2CCN(Cc3ccccn3)C[C@@H]21. The van der Waals surface area contributed by atoms with Gasteiger partial charge in [-0.1, -0.05) is 6.07 Å². The number of ether oxygens (including phenoxy) is 1. The highest BCUT2D eigenvalue weighted by Gasteiger charge is 2.40. The molecule has 2 saturated heterocycles.